The van der Waals surface area contributed by atoms with Crippen LogP contribution in [0, 0.1) is 11.8 Å². The van der Waals surface area contributed by atoms with Crippen LogP contribution in [-0.4, -0.2) is 21.0 Å². The van der Waals surface area contributed by atoms with Gasteiger partial charge in [-0.1, -0.05) is 19.1 Å². The molecule has 0 spiro atoms. The summed E-state index contributed by atoms with van der Waals surface area (Å²) in [6.07, 6.45) is 5.63. The zero-order chi connectivity index (χ0) is 14.9. The summed E-state index contributed by atoms with van der Waals surface area (Å²) < 4.78 is 28.5. The summed E-state index contributed by atoms with van der Waals surface area (Å²) >= 11 is 0. The second kappa shape index (κ2) is 5.97. The van der Waals surface area contributed by atoms with E-state index in [1.165, 1.54) is 25.7 Å². The van der Waals surface area contributed by atoms with Crippen molar-refractivity contribution >= 4 is 15.7 Å². The Balaban J connectivity index is 1.80. The van der Waals surface area contributed by atoms with E-state index in [0.717, 1.165) is 13.0 Å². The van der Waals surface area contributed by atoms with Gasteiger partial charge in [0.05, 0.1) is 5.69 Å². The van der Waals surface area contributed by atoms with Crippen molar-refractivity contribution in [2.45, 2.75) is 50.0 Å². The van der Waals surface area contributed by atoms with Gasteiger partial charge in [0.1, 0.15) is 4.90 Å². The molecule has 0 radical (unpaired) electrons. The number of nitrogens with one attached hydrogen (secondary N) is 2. The quantitative estimate of drug-likeness (QED) is 0.776. The molecule has 2 aliphatic carbocycles. The minimum Gasteiger partial charge on any atom is -0.384 e. The number of hydrogen-bond acceptors (Lipinski definition) is 3. The van der Waals surface area contributed by atoms with Crippen molar-refractivity contribution in [3.8, 4) is 0 Å². The van der Waals surface area contributed by atoms with Gasteiger partial charge < -0.3 is 5.32 Å². The van der Waals surface area contributed by atoms with Crippen molar-refractivity contribution in [1.29, 1.82) is 0 Å². The molecule has 2 saturated carbocycles. The Bertz CT molecular complexity index is 580. The van der Waals surface area contributed by atoms with Gasteiger partial charge in [0.25, 0.3) is 0 Å². The summed E-state index contributed by atoms with van der Waals surface area (Å²) in [6.45, 7) is 2.85. The molecule has 0 aromatic heterocycles. The van der Waals surface area contributed by atoms with Crippen molar-refractivity contribution in [3.05, 3.63) is 24.3 Å². The standard InChI is InChI=1S/C16H24N2O2S/c1-2-11-17-14-5-3-4-6-15(14)21(19,20)18-16(12-7-8-12)13-9-10-13/h3-6,12-13,16-18H,2,7-11H2,1H3. The third-order valence-corrected chi connectivity index (χ3v) is 5.81. The largest absolute Gasteiger partial charge is 0.384 e. The Morgan fingerprint density at radius 2 is 1.76 bits per heavy atom. The van der Waals surface area contributed by atoms with Crippen LogP contribution in [0.4, 0.5) is 5.69 Å². The first-order valence-electron chi connectivity index (χ1n) is 7.97. The zero-order valence-electron chi connectivity index (χ0n) is 12.5. The smallest absolute Gasteiger partial charge is 0.242 e. The lowest BCUT2D eigenvalue weighted by Crippen LogP contribution is -2.38. The molecule has 0 saturated heterocycles. The minimum atomic E-state index is -3.44. The second-order valence-electron chi connectivity index (χ2n) is 6.24. The Morgan fingerprint density at radius 3 is 2.33 bits per heavy atom. The van der Waals surface area contributed by atoms with E-state index in [2.05, 4.69) is 17.0 Å². The van der Waals surface area contributed by atoms with Crippen molar-refractivity contribution in [1.82, 2.24) is 4.72 Å². The van der Waals surface area contributed by atoms with Gasteiger partial charge in [-0.2, -0.15) is 0 Å². The normalized spacial score (nSPS) is 19.0. The van der Waals surface area contributed by atoms with Crippen LogP contribution in [0.2, 0.25) is 0 Å². The number of anilines is 1. The molecule has 4 nitrogen and oxygen atoms in total. The SMILES string of the molecule is CCCNc1ccccc1S(=O)(=O)NC(C1CC1)C1CC1. The maximum atomic E-state index is 12.7. The molecule has 2 fully saturated rings. The topological polar surface area (TPSA) is 58.2 Å². The first-order chi connectivity index (χ1) is 10.1. The maximum absolute atomic E-state index is 12.7. The fourth-order valence-corrected chi connectivity index (χ4v) is 4.39. The molecular weight excluding hydrogens is 284 g/mol. The van der Waals surface area contributed by atoms with E-state index in [1.807, 2.05) is 12.1 Å². The highest BCUT2D eigenvalue weighted by atomic mass is 32.2. The summed E-state index contributed by atoms with van der Waals surface area (Å²) in [5.41, 5.74) is 0.706. The number of benzene rings is 1. The van der Waals surface area contributed by atoms with Gasteiger partial charge in [-0.25, -0.2) is 13.1 Å². The third-order valence-electron chi connectivity index (χ3n) is 4.29. The number of sulfonamides is 1. The molecule has 0 atom stereocenters. The molecule has 0 unspecified atom stereocenters. The average molecular weight is 308 g/mol. The molecule has 0 amide bonds. The monoisotopic (exact) mass is 308 g/mol. The van der Waals surface area contributed by atoms with E-state index in [0.29, 0.717) is 22.4 Å². The average Bonchev–Trinajstić information content (AvgIpc) is 3.36. The highest BCUT2D eigenvalue weighted by molar-refractivity contribution is 7.89. The fourth-order valence-electron chi connectivity index (χ4n) is 2.84. The molecule has 5 heteroatoms. The van der Waals surface area contributed by atoms with Crippen LogP contribution in [0.15, 0.2) is 29.2 Å². The van der Waals surface area contributed by atoms with Crippen molar-refractivity contribution in [2.75, 3.05) is 11.9 Å². The van der Waals surface area contributed by atoms with Crippen LogP contribution in [0.5, 0.6) is 0 Å². The van der Waals surface area contributed by atoms with E-state index >= 15 is 0 Å². The Hall–Kier alpha value is -1.07. The van der Waals surface area contributed by atoms with Gasteiger partial charge in [0.15, 0.2) is 0 Å². The zero-order valence-corrected chi connectivity index (χ0v) is 13.3. The lowest BCUT2D eigenvalue weighted by atomic mass is 10.1. The first kappa shape index (κ1) is 14.9. The van der Waals surface area contributed by atoms with Crippen molar-refractivity contribution in [2.24, 2.45) is 11.8 Å². The maximum Gasteiger partial charge on any atom is 0.242 e. The highest BCUT2D eigenvalue weighted by Gasteiger charge is 2.43. The van der Waals surface area contributed by atoms with Gasteiger partial charge in [0, 0.05) is 12.6 Å². The molecule has 116 valence electrons. The van der Waals surface area contributed by atoms with Gasteiger partial charge in [-0.15, -0.1) is 0 Å². The Morgan fingerprint density at radius 1 is 1.14 bits per heavy atom. The molecular formula is C16H24N2O2S. The number of para-hydroxylation sites is 1. The summed E-state index contributed by atoms with van der Waals surface area (Å²) in [7, 11) is -3.44. The summed E-state index contributed by atoms with van der Waals surface area (Å²) in [5, 5.41) is 3.21. The summed E-state index contributed by atoms with van der Waals surface area (Å²) in [6, 6.07) is 7.34. The third kappa shape index (κ3) is 3.58. The van der Waals surface area contributed by atoms with Crippen molar-refractivity contribution in [3.63, 3.8) is 0 Å². The molecule has 1 aromatic carbocycles. The second-order valence-corrected chi connectivity index (χ2v) is 7.93. The molecule has 1 aromatic rings. The van der Waals surface area contributed by atoms with E-state index in [1.54, 1.807) is 12.1 Å². The molecule has 2 N–H and O–H groups in total. The minimum absolute atomic E-state index is 0.147. The van der Waals surface area contributed by atoms with Crippen molar-refractivity contribution < 1.29 is 8.42 Å². The lowest BCUT2D eigenvalue weighted by Gasteiger charge is -2.19. The summed E-state index contributed by atoms with van der Waals surface area (Å²) in [4.78, 5) is 0.379. The fraction of sp³-hybridized carbons (Fsp3) is 0.625. The van der Waals surface area contributed by atoms with E-state index in [9.17, 15) is 8.42 Å². The van der Waals surface area contributed by atoms with Crippen LogP contribution in [-0.2, 0) is 10.0 Å². The summed E-state index contributed by atoms with van der Waals surface area (Å²) in [5.74, 6) is 1.12. The predicted molar refractivity (Wildman–Crippen MR) is 84.8 cm³/mol. The van der Waals surface area contributed by atoms with E-state index < -0.39 is 10.0 Å². The Labute approximate surface area is 127 Å². The van der Waals surface area contributed by atoms with Crippen LogP contribution in [0.25, 0.3) is 0 Å². The molecule has 0 bridgehead atoms. The van der Waals surface area contributed by atoms with E-state index in [4.69, 9.17) is 0 Å². The molecule has 0 heterocycles. The number of hydrogen-bond donors (Lipinski definition) is 2. The van der Waals surface area contributed by atoms with Gasteiger partial charge in [-0.05, 0) is 56.1 Å². The molecule has 0 aliphatic heterocycles. The lowest BCUT2D eigenvalue weighted by molar-refractivity contribution is 0.471. The van der Waals surface area contributed by atoms with Gasteiger partial charge in [0.2, 0.25) is 10.0 Å². The molecule has 2 aliphatic rings. The van der Waals surface area contributed by atoms with Crippen LogP contribution < -0.4 is 10.0 Å². The number of rotatable bonds is 8. The van der Waals surface area contributed by atoms with E-state index in [-0.39, 0.29) is 6.04 Å². The van der Waals surface area contributed by atoms with Gasteiger partial charge >= 0.3 is 0 Å². The predicted octanol–water partition coefficient (Wildman–Crippen LogP) is 2.98. The van der Waals surface area contributed by atoms with Gasteiger partial charge in [-0.3, -0.25) is 0 Å². The van der Waals surface area contributed by atoms with Crippen LogP contribution >= 0.6 is 0 Å². The molecule has 3 rings (SSSR count). The highest BCUT2D eigenvalue weighted by Crippen LogP contribution is 2.45. The van der Waals surface area contributed by atoms with Crippen LogP contribution in [0.3, 0.4) is 0 Å². The first-order valence-corrected chi connectivity index (χ1v) is 9.45. The van der Waals surface area contributed by atoms with Crippen LogP contribution in [0.1, 0.15) is 39.0 Å². The molecule has 21 heavy (non-hydrogen) atoms. The Kier molecular flexibility index (Phi) is 4.22.